The molecule has 1 aromatic heterocycles. The minimum atomic E-state index is 0.0692. The van der Waals surface area contributed by atoms with Crippen LogP contribution in [0.1, 0.15) is 37.9 Å². The second-order valence-corrected chi connectivity index (χ2v) is 4.72. The van der Waals surface area contributed by atoms with Crippen LogP contribution in [0.4, 0.5) is 0 Å². The van der Waals surface area contributed by atoms with E-state index in [4.69, 9.17) is 0 Å². The first-order valence-electron chi connectivity index (χ1n) is 6.13. The van der Waals surface area contributed by atoms with Gasteiger partial charge in [0.25, 0.3) is 5.56 Å². The van der Waals surface area contributed by atoms with Crippen molar-refractivity contribution >= 4 is 10.8 Å². The minimum absolute atomic E-state index is 0.0692. The molecule has 2 nitrogen and oxygen atoms in total. The summed E-state index contributed by atoms with van der Waals surface area (Å²) < 4.78 is 1.76. The number of benzene rings is 1. The lowest BCUT2D eigenvalue weighted by molar-refractivity contribution is 0.582. The molecule has 0 saturated carbocycles. The first kappa shape index (κ1) is 12.4. The number of fused-ring (bicyclic) bond motifs is 1. The first-order chi connectivity index (χ1) is 8.56. The molecule has 0 aliphatic rings. The van der Waals surface area contributed by atoms with Crippen molar-refractivity contribution < 1.29 is 0 Å². The predicted octanol–water partition coefficient (Wildman–Crippen LogP) is 3.26. The zero-order chi connectivity index (χ0) is 13.3. The number of hydrogen-bond donors (Lipinski definition) is 0. The molecule has 1 aromatic carbocycles. The van der Waals surface area contributed by atoms with Gasteiger partial charge in [0, 0.05) is 23.2 Å². The maximum atomic E-state index is 12.5. The van der Waals surface area contributed by atoms with Crippen LogP contribution in [0, 0.1) is 18.8 Å². The van der Waals surface area contributed by atoms with Gasteiger partial charge < -0.3 is 4.57 Å². The van der Waals surface area contributed by atoms with Gasteiger partial charge in [-0.15, -0.1) is 5.92 Å². The van der Waals surface area contributed by atoms with Crippen LogP contribution in [0.25, 0.3) is 10.8 Å². The van der Waals surface area contributed by atoms with E-state index in [0.29, 0.717) is 0 Å². The Morgan fingerprint density at radius 1 is 1.28 bits per heavy atom. The normalized spacial score (nSPS) is 10.5. The molecule has 0 N–H and O–H groups in total. The number of aromatic nitrogens is 1. The lowest BCUT2D eigenvalue weighted by atomic mass is 10.0. The molecule has 0 spiro atoms. The van der Waals surface area contributed by atoms with Crippen molar-refractivity contribution in [2.75, 3.05) is 0 Å². The van der Waals surface area contributed by atoms with Crippen LogP contribution >= 0.6 is 0 Å². The molecule has 18 heavy (non-hydrogen) atoms. The van der Waals surface area contributed by atoms with Crippen molar-refractivity contribution in [1.82, 2.24) is 4.57 Å². The third-order valence-corrected chi connectivity index (χ3v) is 3.10. The molecule has 2 heteroatoms. The van der Waals surface area contributed by atoms with Gasteiger partial charge in [-0.05, 0) is 33.3 Å². The highest BCUT2D eigenvalue weighted by Crippen LogP contribution is 2.19. The molecule has 0 saturated heterocycles. The molecule has 0 fully saturated rings. The average molecular weight is 239 g/mol. The van der Waals surface area contributed by atoms with Crippen LogP contribution < -0.4 is 5.56 Å². The molecule has 0 radical (unpaired) electrons. The Hall–Kier alpha value is -2.01. The Balaban J connectivity index is 3.01. The maximum Gasteiger partial charge on any atom is 0.259 e. The van der Waals surface area contributed by atoms with E-state index in [0.717, 1.165) is 21.9 Å². The summed E-state index contributed by atoms with van der Waals surface area (Å²) in [6.07, 6.45) is 1.87. The van der Waals surface area contributed by atoms with Gasteiger partial charge in [0.2, 0.25) is 0 Å². The Bertz CT molecular complexity index is 711. The van der Waals surface area contributed by atoms with E-state index in [1.54, 1.807) is 4.57 Å². The maximum absolute atomic E-state index is 12.5. The van der Waals surface area contributed by atoms with Gasteiger partial charge in [0.05, 0.1) is 5.39 Å². The molecule has 0 aliphatic heterocycles. The third kappa shape index (κ3) is 1.93. The molecule has 1 heterocycles. The van der Waals surface area contributed by atoms with Crippen LogP contribution in [-0.2, 0) is 0 Å². The standard InChI is InChI=1S/C16H17NO/c1-5-7-13-10-17(11(2)3)16(18)15-12(4)8-6-9-14(13)15/h6,8-11H,1-4H3. The quantitative estimate of drug-likeness (QED) is 0.700. The van der Waals surface area contributed by atoms with Crippen molar-refractivity contribution in [3.05, 3.63) is 45.9 Å². The summed E-state index contributed by atoms with van der Waals surface area (Å²) in [6, 6.07) is 6.04. The fourth-order valence-electron chi connectivity index (χ4n) is 2.19. The van der Waals surface area contributed by atoms with E-state index in [-0.39, 0.29) is 11.6 Å². The Morgan fingerprint density at radius 3 is 2.61 bits per heavy atom. The van der Waals surface area contributed by atoms with Gasteiger partial charge in [-0.3, -0.25) is 4.79 Å². The van der Waals surface area contributed by atoms with E-state index in [1.807, 2.05) is 52.1 Å². The van der Waals surface area contributed by atoms with Crippen LogP contribution in [0.2, 0.25) is 0 Å². The van der Waals surface area contributed by atoms with E-state index in [9.17, 15) is 4.79 Å². The van der Waals surface area contributed by atoms with E-state index >= 15 is 0 Å². The summed E-state index contributed by atoms with van der Waals surface area (Å²) in [7, 11) is 0. The van der Waals surface area contributed by atoms with Crippen molar-refractivity contribution in [2.24, 2.45) is 0 Å². The van der Waals surface area contributed by atoms with Gasteiger partial charge in [-0.2, -0.15) is 0 Å². The highest BCUT2D eigenvalue weighted by atomic mass is 16.1. The first-order valence-corrected chi connectivity index (χ1v) is 6.13. The fourth-order valence-corrected chi connectivity index (χ4v) is 2.19. The third-order valence-electron chi connectivity index (χ3n) is 3.10. The Labute approximate surface area is 107 Å². The number of aryl methyl sites for hydroxylation is 1. The van der Waals surface area contributed by atoms with Crippen molar-refractivity contribution in [3.8, 4) is 11.8 Å². The van der Waals surface area contributed by atoms with E-state index in [1.165, 1.54) is 0 Å². The fraction of sp³-hybridized carbons (Fsp3) is 0.312. The van der Waals surface area contributed by atoms with Crippen molar-refractivity contribution in [2.45, 2.75) is 33.7 Å². The summed E-state index contributed by atoms with van der Waals surface area (Å²) in [5, 5.41) is 1.73. The largest absolute Gasteiger partial charge is 0.311 e. The minimum Gasteiger partial charge on any atom is -0.311 e. The summed E-state index contributed by atoms with van der Waals surface area (Å²) in [5.41, 5.74) is 2.00. The van der Waals surface area contributed by atoms with Gasteiger partial charge in [0.15, 0.2) is 0 Å². The molecular weight excluding hydrogens is 222 g/mol. The lowest BCUT2D eigenvalue weighted by Crippen LogP contribution is -2.22. The summed E-state index contributed by atoms with van der Waals surface area (Å²) in [6.45, 7) is 7.80. The average Bonchev–Trinajstić information content (AvgIpc) is 2.32. The predicted molar refractivity (Wildman–Crippen MR) is 75.9 cm³/mol. The van der Waals surface area contributed by atoms with Gasteiger partial charge >= 0.3 is 0 Å². The number of nitrogens with zero attached hydrogens (tertiary/aromatic N) is 1. The second-order valence-electron chi connectivity index (χ2n) is 4.72. The second kappa shape index (κ2) is 4.70. The van der Waals surface area contributed by atoms with Crippen LogP contribution in [-0.4, -0.2) is 4.57 Å². The molecule has 92 valence electrons. The van der Waals surface area contributed by atoms with Crippen molar-refractivity contribution in [1.29, 1.82) is 0 Å². The molecule has 0 unspecified atom stereocenters. The Morgan fingerprint density at radius 2 is 2.00 bits per heavy atom. The summed E-state index contributed by atoms with van der Waals surface area (Å²) in [5.74, 6) is 6.01. The number of rotatable bonds is 1. The summed E-state index contributed by atoms with van der Waals surface area (Å²) in [4.78, 5) is 12.5. The van der Waals surface area contributed by atoms with Crippen LogP contribution in [0.15, 0.2) is 29.2 Å². The molecule has 0 bridgehead atoms. The Kier molecular flexibility index (Phi) is 3.25. The van der Waals surface area contributed by atoms with Gasteiger partial charge in [-0.1, -0.05) is 24.1 Å². The van der Waals surface area contributed by atoms with E-state index < -0.39 is 0 Å². The van der Waals surface area contributed by atoms with Crippen LogP contribution in [0.3, 0.4) is 0 Å². The topological polar surface area (TPSA) is 22.0 Å². The van der Waals surface area contributed by atoms with Gasteiger partial charge in [0.1, 0.15) is 0 Å². The zero-order valence-corrected chi connectivity index (χ0v) is 11.2. The molecular formula is C16H17NO. The molecule has 2 rings (SSSR count). The molecule has 2 aromatic rings. The highest BCUT2D eigenvalue weighted by molar-refractivity contribution is 5.89. The molecule has 0 atom stereocenters. The molecule has 0 aliphatic carbocycles. The zero-order valence-electron chi connectivity index (χ0n) is 11.2. The van der Waals surface area contributed by atoms with E-state index in [2.05, 4.69) is 11.8 Å². The lowest BCUT2D eigenvalue weighted by Gasteiger charge is -2.13. The highest BCUT2D eigenvalue weighted by Gasteiger charge is 2.11. The SMILES string of the molecule is CC#Cc1cn(C(C)C)c(=O)c2c(C)cccc12. The number of pyridine rings is 1. The monoisotopic (exact) mass is 239 g/mol. The number of hydrogen-bond acceptors (Lipinski definition) is 1. The van der Waals surface area contributed by atoms with Gasteiger partial charge in [-0.25, -0.2) is 0 Å². The smallest absolute Gasteiger partial charge is 0.259 e. The van der Waals surface area contributed by atoms with Crippen LogP contribution in [0.5, 0.6) is 0 Å². The van der Waals surface area contributed by atoms with Crippen molar-refractivity contribution in [3.63, 3.8) is 0 Å². The molecule has 0 amide bonds. The summed E-state index contributed by atoms with van der Waals surface area (Å²) >= 11 is 0.